The maximum absolute atomic E-state index is 12.5. The average molecular weight is 350 g/mol. The number of rotatable bonds is 9. The van der Waals surface area contributed by atoms with Gasteiger partial charge in [-0.3, -0.25) is 9.59 Å². The Labute approximate surface area is 152 Å². The van der Waals surface area contributed by atoms with Gasteiger partial charge in [-0.25, -0.2) is 4.68 Å². The normalized spacial score (nSPS) is 12.8. The molecule has 0 atom stereocenters. The highest BCUT2D eigenvalue weighted by Gasteiger charge is 2.07. The van der Waals surface area contributed by atoms with E-state index >= 15 is 0 Å². The second kappa shape index (κ2) is 11.1. The van der Waals surface area contributed by atoms with E-state index in [1.165, 1.54) is 18.2 Å². The van der Waals surface area contributed by atoms with Crippen LogP contribution in [-0.4, -0.2) is 27.4 Å². The van der Waals surface area contributed by atoms with Crippen molar-refractivity contribution in [2.24, 2.45) is 0 Å². The highest BCUT2D eigenvalue weighted by atomic mass is 16.2. The Hall–Kier alpha value is -3.54. The summed E-state index contributed by atoms with van der Waals surface area (Å²) in [7, 11) is 0. The molecule has 0 aliphatic carbocycles. The van der Waals surface area contributed by atoms with Crippen molar-refractivity contribution in [3.05, 3.63) is 95.3 Å². The van der Waals surface area contributed by atoms with Gasteiger partial charge in [0.1, 0.15) is 11.9 Å². The van der Waals surface area contributed by atoms with E-state index in [0.29, 0.717) is 10.6 Å². The van der Waals surface area contributed by atoms with Crippen LogP contribution < -0.4 is 21.4 Å². The summed E-state index contributed by atoms with van der Waals surface area (Å²) < 4.78 is 1.00. The molecule has 1 N–H and O–H groups in total. The molecule has 6 nitrogen and oxygen atoms in total. The first-order valence-electron chi connectivity index (χ1n) is 7.84. The van der Waals surface area contributed by atoms with E-state index in [0.717, 1.165) is 10.3 Å². The second-order valence-corrected chi connectivity index (χ2v) is 5.00. The standard InChI is InChI=1S/C20H22N4O2/c1-5-9-13-16(10-6-2)14-21-19(25)15-24-20(26)17(11-7-3)18(12-8-4)22-23-24/h5-13H,1-4,14-15H2,(H,21,25)/b13-9-,16-10+,17-11+,18-12+. The number of aromatic nitrogens is 3. The maximum atomic E-state index is 12.5. The number of carbonyl (C=O) groups is 1. The van der Waals surface area contributed by atoms with Crippen LogP contribution in [-0.2, 0) is 11.3 Å². The first-order chi connectivity index (χ1) is 12.6. The van der Waals surface area contributed by atoms with Crippen molar-refractivity contribution in [1.29, 1.82) is 0 Å². The van der Waals surface area contributed by atoms with E-state index in [1.807, 2.05) is 0 Å². The fraction of sp³-hybridized carbons (Fsp3) is 0.100. The van der Waals surface area contributed by atoms with Crippen molar-refractivity contribution in [1.82, 2.24) is 20.3 Å². The molecule has 1 amide bonds. The Morgan fingerprint density at radius 1 is 1.08 bits per heavy atom. The SMILES string of the molecule is C=C/C=C\C(=C/C=C)CNC(=O)Cn1nnc(=C/C=C)/c(=C\C=C)c1=O. The van der Waals surface area contributed by atoms with Crippen molar-refractivity contribution >= 4 is 18.1 Å². The lowest BCUT2D eigenvalue weighted by molar-refractivity contribution is -0.121. The first-order valence-corrected chi connectivity index (χ1v) is 7.84. The van der Waals surface area contributed by atoms with Crippen molar-refractivity contribution in [2.75, 3.05) is 6.54 Å². The average Bonchev–Trinajstić information content (AvgIpc) is 2.63. The Kier molecular flexibility index (Phi) is 8.75. The number of carbonyl (C=O) groups excluding carboxylic acids is 1. The summed E-state index contributed by atoms with van der Waals surface area (Å²) in [6.07, 6.45) is 14.6. The molecular weight excluding hydrogens is 328 g/mol. The largest absolute Gasteiger partial charge is 0.350 e. The third kappa shape index (κ3) is 6.16. The Morgan fingerprint density at radius 3 is 2.42 bits per heavy atom. The van der Waals surface area contributed by atoms with Crippen molar-refractivity contribution in [2.45, 2.75) is 6.54 Å². The van der Waals surface area contributed by atoms with Crippen LogP contribution in [0.3, 0.4) is 0 Å². The summed E-state index contributed by atoms with van der Waals surface area (Å²) in [6, 6.07) is 0. The summed E-state index contributed by atoms with van der Waals surface area (Å²) in [5.74, 6) is -0.367. The van der Waals surface area contributed by atoms with E-state index in [2.05, 4.69) is 41.9 Å². The lowest BCUT2D eigenvalue weighted by Gasteiger charge is -2.07. The molecule has 6 heteroatoms. The molecule has 0 aromatic carbocycles. The third-order valence-electron chi connectivity index (χ3n) is 3.12. The van der Waals surface area contributed by atoms with Gasteiger partial charge in [0, 0.05) is 6.54 Å². The minimum absolute atomic E-state index is 0.245. The minimum atomic E-state index is -0.434. The van der Waals surface area contributed by atoms with E-state index < -0.39 is 5.56 Å². The van der Waals surface area contributed by atoms with Gasteiger partial charge in [0.05, 0.1) is 5.22 Å². The summed E-state index contributed by atoms with van der Waals surface area (Å²) in [5, 5.41) is 11.1. The molecule has 0 aliphatic rings. The van der Waals surface area contributed by atoms with E-state index in [-0.39, 0.29) is 19.0 Å². The van der Waals surface area contributed by atoms with E-state index in [9.17, 15) is 9.59 Å². The lowest BCUT2D eigenvalue weighted by Crippen LogP contribution is -2.49. The van der Waals surface area contributed by atoms with Crippen LogP contribution in [0.1, 0.15) is 0 Å². The van der Waals surface area contributed by atoms with Gasteiger partial charge in [-0.1, -0.05) is 74.1 Å². The molecule has 1 aromatic heterocycles. The third-order valence-corrected chi connectivity index (χ3v) is 3.12. The van der Waals surface area contributed by atoms with Gasteiger partial charge in [-0.05, 0) is 17.7 Å². The second-order valence-electron chi connectivity index (χ2n) is 5.00. The van der Waals surface area contributed by atoms with Crippen LogP contribution >= 0.6 is 0 Å². The molecule has 1 rings (SSSR count). The van der Waals surface area contributed by atoms with Gasteiger partial charge in [-0.2, -0.15) is 0 Å². The summed E-state index contributed by atoms with van der Waals surface area (Å²) in [5.41, 5.74) is 0.403. The number of hydrogen-bond donors (Lipinski definition) is 1. The van der Waals surface area contributed by atoms with Gasteiger partial charge in [0.25, 0.3) is 5.56 Å². The summed E-state index contributed by atoms with van der Waals surface area (Å²) in [4.78, 5) is 24.6. The van der Waals surface area contributed by atoms with Crippen LogP contribution in [0.15, 0.2) is 79.2 Å². The zero-order valence-corrected chi connectivity index (χ0v) is 14.6. The molecule has 26 heavy (non-hydrogen) atoms. The Balaban J connectivity index is 3.01. The molecule has 0 radical (unpaired) electrons. The van der Waals surface area contributed by atoms with Gasteiger partial charge in [-0.15, -0.1) is 5.10 Å². The quantitative estimate of drug-likeness (QED) is 0.660. The number of nitrogens with one attached hydrogen (secondary N) is 1. The van der Waals surface area contributed by atoms with Crippen LogP contribution in [0, 0.1) is 0 Å². The van der Waals surface area contributed by atoms with E-state index in [4.69, 9.17) is 0 Å². The topological polar surface area (TPSA) is 76.9 Å². The molecule has 0 saturated carbocycles. The lowest BCUT2D eigenvalue weighted by atomic mass is 10.2. The number of hydrogen-bond acceptors (Lipinski definition) is 4. The van der Waals surface area contributed by atoms with E-state index in [1.54, 1.807) is 36.5 Å². The van der Waals surface area contributed by atoms with Crippen LogP contribution in [0.4, 0.5) is 0 Å². The fourth-order valence-corrected chi connectivity index (χ4v) is 1.97. The zero-order chi connectivity index (χ0) is 19.4. The number of amides is 1. The molecule has 0 spiro atoms. The predicted octanol–water partition coefficient (Wildman–Crippen LogP) is 0.542. The number of nitrogens with zero attached hydrogens (tertiary/aromatic N) is 3. The van der Waals surface area contributed by atoms with Crippen molar-refractivity contribution < 1.29 is 4.79 Å². The Morgan fingerprint density at radius 2 is 1.81 bits per heavy atom. The van der Waals surface area contributed by atoms with Gasteiger partial charge >= 0.3 is 0 Å². The molecule has 0 bridgehead atoms. The first kappa shape index (κ1) is 20.5. The number of allylic oxidation sites excluding steroid dienone is 6. The maximum Gasteiger partial charge on any atom is 0.278 e. The zero-order valence-electron chi connectivity index (χ0n) is 14.6. The monoisotopic (exact) mass is 350 g/mol. The smallest absolute Gasteiger partial charge is 0.278 e. The summed E-state index contributed by atoms with van der Waals surface area (Å²) >= 11 is 0. The molecule has 1 heterocycles. The molecule has 0 fully saturated rings. The van der Waals surface area contributed by atoms with Crippen molar-refractivity contribution in [3.8, 4) is 0 Å². The predicted molar refractivity (Wildman–Crippen MR) is 105 cm³/mol. The molecule has 0 unspecified atom stereocenters. The van der Waals surface area contributed by atoms with Crippen LogP contribution in [0.5, 0.6) is 0 Å². The van der Waals surface area contributed by atoms with Gasteiger partial charge < -0.3 is 5.32 Å². The summed E-state index contributed by atoms with van der Waals surface area (Å²) in [6.45, 7) is 14.4. The van der Waals surface area contributed by atoms with Gasteiger partial charge in [0.2, 0.25) is 5.91 Å². The minimum Gasteiger partial charge on any atom is -0.350 e. The van der Waals surface area contributed by atoms with Crippen LogP contribution in [0.25, 0.3) is 12.2 Å². The molecule has 134 valence electrons. The Bertz CT molecular complexity index is 934. The highest BCUT2D eigenvalue weighted by Crippen LogP contribution is 1.96. The highest BCUT2D eigenvalue weighted by molar-refractivity contribution is 5.76. The van der Waals surface area contributed by atoms with Crippen LogP contribution in [0.2, 0.25) is 0 Å². The fourth-order valence-electron chi connectivity index (χ4n) is 1.97. The van der Waals surface area contributed by atoms with Crippen molar-refractivity contribution in [3.63, 3.8) is 0 Å². The molecular formula is C20H22N4O2. The molecule has 0 aliphatic heterocycles. The van der Waals surface area contributed by atoms with Gasteiger partial charge in [0.15, 0.2) is 0 Å². The molecule has 0 saturated heterocycles. The molecule has 1 aromatic rings.